The number of benzene rings is 2. The second kappa shape index (κ2) is 6.68. The first-order chi connectivity index (χ1) is 9.45. The fourth-order valence-electron chi connectivity index (χ4n) is 1.82. The van der Waals surface area contributed by atoms with Crippen LogP contribution in [0.3, 0.4) is 0 Å². The van der Waals surface area contributed by atoms with Crippen molar-refractivity contribution in [1.29, 1.82) is 0 Å². The van der Waals surface area contributed by atoms with Gasteiger partial charge in [-0.2, -0.15) is 0 Å². The molecule has 2 rings (SSSR count). The third kappa shape index (κ3) is 4.03. The molecule has 20 heavy (non-hydrogen) atoms. The van der Waals surface area contributed by atoms with E-state index in [0.717, 1.165) is 12.0 Å². The lowest BCUT2D eigenvalue weighted by Crippen LogP contribution is -2.17. The maximum Gasteiger partial charge on any atom is 0.147 e. The number of hydrogen-bond donors (Lipinski definition) is 1. The van der Waals surface area contributed by atoms with Gasteiger partial charge in [-0.05, 0) is 37.1 Å². The van der Waals surface area contributed by atoms with Crippen molar-refractivity contribution in [1.82, 2.24) is 0 Å². The monoisotopic (exact) mass is 329 g/mol. The van der Waals surface area contributed by atoms with Crippen molar-refractivity contribution in [3.63, 3.8) is 0 Å². The van der Waals surface area contributed by atoms with Gasteiger partial charge in [0.25, 0.3) is 0 Å². The molecule has 0 radical (unpaired) electrons. The van der Waals surface area contributed by atoms with Crippen molar-refractivity contribution in [2.75, 3.05) is 0 Å². The van der Waals surface area contributed by atoms with Gasteiger partial charge < -0.3 is 10.5 Å². The Morgan fingerprint density at radius 3 is 2.45 bits per heavy atom. The third-order valence-electron chi connectivity index (χ3n) is 2.66. The molecule has 2 N–H and O–H groups in total. The summed E-state index contributed by atoms with van der Waals surface area (Å²) in [6.45, 7) is 1.96. The summed E-state index contributed by atoms with van der Waals surface area (Å²) in [5.41, 5.74) is 6.90. The Hall–Kier alpha value is -0.930. The topological polar surface area (TPSA) is 35.2 Å². The van der Waals surface area contributed by atoms with E-state index in [0.29, 0.717) is 26.6 Å². The molecule has 0 aromatic heterocycles. The minimum Gasteiger partial charge on any atom is -0.456 e. The van der Waals surface area contributed by atoms with Crippen LogP contribution in [0.15, 0.2) is 36.4 Å². The van der Waals surface area contributed by atoms with Gasteiger partial charge in [-0.3, -0.25) is 0 Å². The number of halogens is 3. The average Bonchev–Trinajstić information content (AvgIpc) is 2.35. The Kier molecular flexibility index (Phi) is 5.17. The normalized spacial score (nSPS) is 12.2. The molecule has 106 valence electrons. The lowest BCUT2D eigenvalue weighted by atomic mass is 10.1. The summed E-state index contributed by atoms with van der Waals surface area (Å²) in [7, 11) is 0. The Balaban J connectivity index is 2.24. The molecule has 0 bridgehead atoms. The second-order valence-electron chi connectivity index (χ2n) is 4.63. The van der Waals surface area contributed by atoms with E-state index in [1.807, 2.05) is 31.2 Å². The Bertz CT molecular complexity index is 614. The lowest BCUT2D eigenvalue weighted by Gasteiger charge is -2.11. The highest BCUT2D eigenvalue weighted by Gasteiger charge is 2.09. The largest absolute Gasteiger partial charge is 0.456 e. The van der Waals surface area contributed by atoms with Gasteiger partial charge >= 0.3 is 0 Å². The summed E-state index contributed by atoms with van der Waals surface area (Å²) in [5, 5.41) is 1.21. The van der Waals surface area contributed by atoms with Crippen LogP contribution >= 0.6 is 34.8 Å². The molecule has 1 unspecified atom stereocenters. The average molecular weight is 331 g/mol. The molecule has 0 saturated carbocycles. The van der Waals surface area contributed by atoms with Gasteiger partial charge in [0.15, 0.2) is 0 Å². The van der Waals surface area contributed by atoms with Gasteiger partial charge in [0, 0.05) is 12.1 Å². The van der Waals surface area contributed by atoms with E-state index in [2.05, 4.69) is 0 Å². The second-order valence-corrected chi connectivity index (χ2v) is 5.85. The molecule has 0 aliphatic rings. The van der Waals surface area contributed by atoms with E-state index in [4.69, 9.17) is 45.3 Å². The third-order valence-corrected chi connectivity index (χ3v) is 3.68. The summed E-state index contributed by atoms with van der Waals surface area (Å²) in [5.74, 6) is 1.16. The van der Waals surface area contributed by atoms with Crippen molar-refractivity contribution in [2.24, 2.45) is 5.73 Å². The predicted molar refractivity (Wildman–Crippen MR) is 85.3 cm³/mol. The molecular formula is C15H14Cl3NO. The predicted octanol–water partition coefficient (Wildman–Crippen LogP) is 5.33. The Morgan fingerprint density at radius 2 is 1.75 bits per heavy atom. The fourth-order valence-corrected chi connectivity index (χ4v) is 2.39. The van der Waals surface area contributed by atoms with Crippen LogP contribution in [0, 0.1) is 0 Å². The molecule has 0 heterocycles. The molecule has 0 aliphatic heterocycles. The zero-order chi connectivity index (χ0) is 14.7. The molecule has 2 aromatic rings. The van der Waals surface area contributed by atoms with Gasteiger partial charge in [0.2, 0.25) is 0 Å². The number of nitrogens with two attached hydrogens (primary N) is 1. The van der Waals surface area contributed by atoms with Crippen molar-refractivity contribution in [2.45, 2.75) is 19.4 Å². The molecule has 0 aliphatic carbocycles. The minimum absolute atomic E-state index is 0.0961. The molecule has 0 fully saturated rings. The van der Waals surface area contributed by atoms with Crippen LogP contribution in [0.25, 0.3) is 0 Å². The standard InChI is InChI=1S/C15H14Cl3NO/c1-9(19)5-10-3-2-4-11(6-10)20-15-8-13(17)12(16)7-14(15)18/h2-4,6-9H,5,19H2,1H3. The summed E-state index contributed by atoms with van der Waals surface area (Å²) in [4.78, 5) is 0. The first-order valence-electron chi connectivity index (χ1n) is 6.12. The van der Waals surface area contributed by atoms with E-state index >= 15 is 0 Å². The molecule has 2 aromatic carbocycles. The fraction of sp³-hybridized carbons (Fsp3) is 0.200. The van der Waals surface area contributed by atoms with E-state index in [9.17, 15) is 0 Å². The minimum atomic E-state index is 0.0961. The smallest absolute Gasteiger partial charge is 0.147 e. The SMILES string of the molecule is CC(N)Cc1cccc(Oc2cc(Cl)c(Cl)cc2Cl)c1. The summed E-state index contributed by atoms with van der Waals surface area (Å²) < 4.78 is 5.75. The van der Waals surface area contributed by atoms with Gasteiger partial charge in [0.05, 0.1) is 15.1 Å². The number of hydrogen-bond acceptors (Lipinski definition) is 2. The Morgan fingerprint density at radius 1 is 1.05 bits per heavy atom. The molecule has 0 spiro atoms. The van der Waals surface area contributed by atoms with Crippen LogP contribution in [0.4, 0.5) is 0 Å². The molecule has 0 saturated heterocycles. The first-order valence-corrected chi connectivity index (χ1v) is 7.26. The van der Waals surface area contributed by atoms with Crippen LogP contribution < -0.4 is 10.5 Å². The van der Waals surface area contributed by atoms with Gasteiger partial charge in [-0.25, -0.2) is 0 Å². The number of ether oxygens (including phenoxy) is 1. The summed E-state index contributed by atoms with van der Waals surface area (Å²) in [6.07, 6.45) is 0.784. The molecule has 2 nitrogen and oxygen atoms in total. The van der Waals surface area contributed by atoms with Crippen molar-refractivity contribution >= 4 is 34.8 Å². The maximum absolute atomic E-state index is 6.09. The first kappa shape index (κ1) is 15.5. The van der Waals surface area contributed by atoms with Crippen LogP contribution in [-0.4, -0.2) is 6.04 Å². The molecule has 0 amide bonds. The lowest BCUT2D eigenvalue weighted by molar-refractivity contribution is 0.482. The molecular weight excluding hydrogens is 317 g/mol. The quantitative estimate of drug-likeness (QED) is 0.769. The molecule has 5 heteroatoms. The van der Waals surface area contributed by atoms with E-state index in [-0.39, 0.29) is 6.04 Å². The Labute approximate surface area is 133 Å². The highest BCUT2D eigenvalue weighted by atomic mass is 35.5. The van der Waals surface area contributed by atoms with E-state index in [1.165, 1.54) is 0 Å². The zero-order valence-corrected chi connectivity index (χ0v) is 13.1. The van der Waals surface area contributed by atoms with E-state index < -0.39 is 0 Å². The highest BCUT2D eigenvalue weighted by Crippen LogP contribution is 2.36. The number of rotatable bonds is 4. The van der Waals surface area contributed by atoms with Crippen LogP contribution in [-0.2, 0) is 6.42 Å². The van der Waals surface area contributed by atoms with Crippen molar-refractivity contribution in [3.8, 4) is 11.5 Å². The maximum atomic E-state index is 6.09. The highest BCUT2D eigenvalue weighted by molar-refractivity contribution is 6.43. The van der Waals surface area contributed by atoms with Gasteiger partial charge in [-0.1, -0.05) is 46.9 Å². The summed E-state index contributed by atoms with van der Waals surface area (Å²) >= 11 is 17.9. The van der Waals surface area contributed by atoms with Crippen molar-refractivity contribution < 1.29 is 4.74 Å². The van der Waals surface area contributed by atoms with Crippen LogP contribution in [0.1, 0.15) is 12.5 Å². The van der Waals surface area contributed by atoms with Gasteiger partial charge in [-0.15, -0.1) is 0 Å². The zero-order valence-electron chi connectivity index (χ0n) is 10.9. The van der Waals surface area contributed by atoms with Crippen LogP contribution in [0.2, 0.25) is 15.1 Å². The van der Waals surface area contributed by atoms with Crippen LogP contribution in [0.5, 0.6) is 11.5 Å². The molecule has 1 atom stereocenters. The summed E-state index contributed by atoms with van der Waals surface area (Å²) in [6, 6.07) is 11.0. The van der Waals surface area contributed by atoms with Gasteiger partial charge in [0.1, 0.15) is 11.5 Å². The van der Waals surface area contributed by atoms with E-state index in [1.54, 1.807) is 12.1 Å². The van der Waals surface area contributed by atoms with Crippen molar-refractivity contribution in [3.05, 3.63) is 57.0 Å².